The Balaban J connectivity index is 2.14. The Labute approximate surface area is 88.7 Å². The molecule has 0 saturated heterocycles. The molecule has 1 fully saturated rings. The van der Waals surface area contributed by atoms with Crippen LogP contribution in [0.5, 0.6) is 0 Å². The van der Waals surface area contributed by atoms with Gasteiger partial charge in [-0.05, 0) is 25.8 Å². The first-order valence-electron chi connectivity index (χ1n) is 5.97. The third kappa shape index (κ3) is 4.15. The SMILES string of the molecule is C#CCC(CCC1CCCCC1)NC. The largest absolute Gasteiger partial charge is 0.316 e. The van der Waals surface area contributed by atoms with Crippen molar-refractivity contribution in [2.45, 2.75) is 57.4 Å². The Kier molecular flexibility index (Phi) is 5.71. The summed E-state index contributed by atoms with van der Waals surface area (Å²) in [6.45, 7) is 0. The molecule has 1 aliphatic carbocycles. The van der Waals surface area contributed by atoms with Crippen molar-refractivity contribution in [3.05, 3.63) is 0 Å². The van der Waals surface area contributed by atoms with Crippen LogP contribution in [-0.2, 0) is 0 Å². The molecule has 0 aromatic carbocycles. The van der Waals surface area contributed by atoms with Crippen LogP contribution in [-0.4, -0.2) is 13.1 Å². The van der Waals surface area contributed by atoms with E-state index >= 15 is 0 Å². The molecule has 1 atom stereocenters. The fourth-order valence-corrected chi connectivity index (χ4v) is 2.40. The third-order valence-corrected chi connectivity index (χ3v) is 3.42. The van der Waals surface area contributed by atoms with E-state index in [1.165, 1.54) is 44.9 Å². The molecule has 1 aliphatic rings. The summed E-state index contributed by atoms with van der Waals surface area (Å²) in [6, 6.07) is 0.543. The van der Waals surface area contributed by atoms with Crippen LogP contribution in [0.4, 0.5) is 0 Å². The van der Waals surface area contributed by atoms with Gasteiger partial charge >= 0.3 is 0 Å². The Morgan fingerprint density at radius 2 is 2.07 bits per heavy atom. The van der Waals surface area contributed by atoms with Crippen molar-refractivity contribution in [1.29, 1.82) is 0 Å². The lowest BCUT2D eigenvalue weighted by atomic mass is 9.85. The minimum atomic E-state index is 0.543. The highest BCUT2D eigenvalue weighted by Gasteiger charge is 2.14. The molecule has 14 heavy (non-hydrogen) atoms. The van der Waals surface area contributed by atoms with Crippen LogP contribution in [0.15, 0.2) is 0 Å². The smallest absolute Gasteiger partial charge is 0.0240 e. The van der Waals surface area contributed by atoms with Crippen molar-refractivity contribution in [3.8, 4) is 12.3 Å². The molecule has 0 aromatic heterocycles. The van der Waals surface area contributed by atoms with E-state index in [0.717, 1.165) is 12.3 Å². The normalized spacial score (nSPS) is 20.3. The predicted molar refractivity (Wildman–Crippen MR) is 62.1 cm³/mol. The zero-order valence-electron chi connectivity index (χ0n) is 9.39. The molecular weight excluding hydrogens is 170 g/mol. The highest BCUT2D eigenvalue weighted by Crippen LogP contribution is 2.27. The molecule has 0 bridgehead atoms. The van der Waals surface area contributed by atoms with Crippen molar-refractivity contribution < 1.29 is 0 Å². The van der Waals surface area contributed by atoms with E-state index < -0.39 is 0 Å². The van der Waals surface area contributed by atoms with Gasteiger partial charge in [0.25, 0.3) is 0 Å². The lowest BCUT2D eigenvalue weighted by molar-refractivity contribution is 0.317. The highest BCUT2D eigenvalue weighted by molar-refractivity contribution is 4.89. The fraction of sp³-hybridized carbons (Fsp3) is 0.846. The van der Waals surface area contributed by atoms with Crippen LogP contribution in [0.2, 0.25) is 0 Å². The average molecular weight is 193 g/mol. The van der Waals surface area contributed by atoms with Crippen LogP contribution in [0, 0.1) is 18.3 Å². The molecule has 0 aromatic rings. The molecule has 0 spiro atoms. The topological polar surface area (TPSA) is 12.0 Å². The zero-order valence-corrected chi connectivity index (χ0v) is 9.39. The minimum Gasteiger partial charge on any atom is -0.316 e. The van der Waals surface area contributed by atoms with Crippen LogP contribution in [0.1, 0.15) is 51.4 Å². The summed E-state index contributed by atoms with van der Waals surface area (Å²) in [6.07, 6.45) is 16.1. The Morgan fingerprint density at radius 1 is 1.36 bits per heavy atom. The zero-order chi connectivity index (χ0) is 10.2. The summed E-state index contributed by atoms with van der Waals surface area (Å²) in [5, 5.41) is 3.30. The molecule has 0 radical (unpaired) electrons. The van der Waals surface area contributed by atoms with E-state index in [9.17, 15) is 0 Å². The van der Waals surface area contributed by atoms with Gasteiger partial charge in [0.1, 0.15) is 0 Å². The van der Waals surface area contributed by atoms with Crippen LogP contribution in [0.3, 0.4) is 0 Å². The quantitative estimate of drug-likeness (QED) is 0.662. The van der Waals surface area contributed by atoms with Gasteiger partial charge in [0, 0.05) is 12.5 Å². The molecule has 0 heterocycles. The lowest BCUT2D eigenvalue weighted by Crippen LogP contribution is -2.25. The van der Waals surface area contributed by atoms with Gasteiger partial charge in [0.15, 0.2) is 0 Å². The predicted octanol–water partition coefficient (Wildman–Crippen LogP) is 2.96. The van der Waals surface area contributed by atoms with E-state index in [4.69, 9.17) is 6.42 Å². The highest BCUT2D eigenvalue weighted by atomic mass is 14.9. The third-order valence-electron chi connectivity index (χ3n) is 3.42. The van der Waals surface area contributed by atoms with E-state index in [1.54, 1.807) is 0 Å². The molecule has 80 valence electrons. The van der Waals surface area contributed by atoms with Crippen molar-refractivity contribution in [2.75, 3.05) is 7.05 Å². The summed E-state index contributed by atoms with van der Waals surface area (Å²) in [5.74, 6) is 3.73. The molecular formula is C13H23N. The summed E-state index contributed by atoms with van der Waals surface area (Å²) in [4.78, 5) is 0. The molecule has 1 rings (SSSR count). The fourth-order valence-electron chi connectivity index (χ4n) is 2.40. The van der Waals surface area contributed by atoms with Gasteiger partial charge in [-0.25, -0.2) is 0 Å². The van der Waals surface area contributed by atoms with Crippen molar-refractivity contribution in [2.24, 2.45) is 5.92 Å². The minimum absolute atomic E-state index is 0.543. The van der Waals surface area contributed by atoms with E-state index in [2.05, 4.69) is 11.2 Å². The molecule has 0 amide bonds. The first-order valence-corrected chi connectivity index (χ1v) is 5.97. The number of nitrogens with one attached hydrogen (secondary N) is 1. The van der Waals surface area contributed by atoms with E-state index in [-0.39, 0.29) is 0 Å². The van der Waals surface area contributed by atoms with Gasteiger partial charge in [-0.15, -0.1) is 12.3 Å². The molecule has 1 unspecified atom stereocenters. The lowest BCUT2D eigenvalue weighted by Gasteiger charge is -2.23. The number of rotatable bonds is 5. The van der Waals surface area contributed by atoms with Crippen molar-refractivity contribution in [3.63, 3.8) is 0 Å². The van der Waals surface area contributed by atoms with Gasteiger partial charge in [-0.2, -0.15) is 0 Å². The summed E-state index contributed by atoms with van der Waals surface area (Å²) in [5.41, 5.74) is 0. The van der Waals surface area contributed by atoms with Crippen LogP contribution in [0.25, 0.3) is 0 Å². The molecule has 1 N–H and O–H groups in total. The van der Waals surface area contributed by atoms with Gasteiger partial charge in [0.2, 0.25) is 0 Å². The second-order valence-electron chi connectivity index (χ2n) is 4.48. The second-order valence-corrected chi connectivity index (χ2v) is 4.48. The van der Waals surface area contributed by atoms with Crippen LogP contribution < -0.4 is 5.32 Å². The van der Waals surface area contributed by atoms with Crippen molar-refractivity contribution >= 4 is 0 Å². The summed E-state index contributed by atoms with van der Waals surface area (Å²) in [7, 11) is 2.02. The summed E-state index contributed by atoms with van der Waals surface area (Å²) < 4.78 is 0. The first-order chi connectivity index (χ1) is 6.86. The number of hydrogen-bond acceptors (Lipinski definition) is 1. The molecule has 1 heteroatoms. The molecule has 1 saturated carbocycles. The van der Waals surface area contributed by atoms with Gasteiger partial charge in [-0.3, -0.25) is 0 Å². The van der Waals surface area contributed by atoms with Gasteiger partial charge in [-0.1, -0.05) is 32.1 Å². The number of terminal acetylenes is 1. The Morgan fingerprint density at radius 3 is 2.64 bits per heavy atom. The second kappa shape index (κ2) is 6.90. The number of hydrogen-bond donors (Lipinski definition) is 1. The standard InChI is InChI=1S/C13H23N/c1-3-7-13(14-2)11-10-12-8-5-4-6-9-12/h1,12-14H,4-11H2,2H3. The molecule has 1 nitrogen and oxygen atoms in total. The van der Waals surface area contributed by atoms with Gasteiger partial charge < -0.3 is 5.32 Å². The van der Waals surface area contributed by atoms with Gasteiger partial charge in [0.05, 0.1) is 0 Å². The maximum atomic E-state index is 5.32. The Bertz CT molecular complexity index is 174. The maximum absolute atomic E-state index is 5.32. The van der Waals surface area contributed by atoms with E-state index in [1.807, 2.05) is 7.05 Å². The monoisotopic (exact) mass is 193 g/mol. The van der Waals surface area contributed by atoms with Crippen LogP contribution >= 0.6 is 0 Å². The van der Waals surface area contributed by atoms with E-state index in [0.29, 0.717) is 6.04 Å². The maximum Gasteiger partial charge on any atom is 0.0240 e. The van der Waals surface area contributed by atoms with Crippen molar-refractivity contribution in [1.82, 2.24) is 5.32 Å². The Hall–Kier alpha value is -0.480. The average Bonchev–Trinajstić information content (AvgIpc) is 2.25. The molecule has 0 aliphatic heterocycles. The summed E-state index contributed by atoms with van der Waals surface area (Å²) >= 11 is 0. The first kappa shape index (κ1) is 11.6.